The molecule has 0 bridgehead atoms. The maximum atomic E-state index is 11.8. The molecule has 0 radical (unpaired) electrons. The number of carbonyl (C=O) groups excluding carboxylic acids is 1. The van der Waals surface area contributed by atoms with Crippen molar-refractivity contribution in [3.05, 3.63) is 61.5 Å². The normalized spacial score (nSPS) is 11.8. The number of rotatable bonds is 3. The van der Waals surface area contributed by atoms with Crippen LogP contribution in [0.2, 0.25) is 0 Å². The fraction of sp³-hybridized carbons (Fsp3) is 0.0833. The first kappa shape index (κ1) is 11.1. The smallest absolute Gasteiger partial charge is 0.326 e. The maximum absolute atomic E-state index is 11.8. The molecule has 17 heavy (non-hydrogen) atoms. The first-order chi connectivity index (χ1) is 8.31. The summed E-state index contributed by atoms with van der Waals surface area (Å²) < 4.78 is 1.36. The number of amides is 1. The third-order valence-electron chi connectivity index (χ3n) is 2.26. The fourth-order valence-electron chi connectivity index (χ4n) is 1.40. The molecule has 0 fully saturated rings. The van der Waals surface area contributed by atoms with E-state index < -0.39 is 0 Å². The Kier molecular flexibility index (Phi) is 3.30. The molecule has 2 rings (SSSR count). The minimum atomic E-state index is -0.314. The third-order valence-corrected chi connectivity index (χ3v) is 2.26. The molecule has 2 aromatic heterocycles. The second-order valence-corrected chi connectivity index (χ2v) is 3.39. The van der Waals surface area contributed by atoms with Crippen LogP contribution in [0.3, 0.4) is 0 Å². The van der Waals surface area contributed by atoms with E-state index in [9.17, 15) is 4.79 Å². The molecule has 1 unspecified atom stereocenters. The summed E-state index contributed by atoms with van der Waals surface area (Å²) in [6.45, 7) is 3.69. The van der Waals surface area contributed by atoms with Gasteiger partial charge in [-0.1, -0.05) is 12.1 Å². The molecule has 0 aliphatic carbocycles. The number of hydrogen-bond donors (Lipinski definition) is 1. The topological polar surface area (TPSA) is 59.8 Å². The second kappa shape index (κ2) is 5.07. The lowest BCUT2D eigenvalue weighted by Crippen LogP contribution is -2.31. The minimum absolute atomic E-state index is 0.266. The molecule has 1 N–H and O–H groups in total. The molecule has 86 valence electrons. The molecule has 0 aliphatic heterocycles. The van der Waals surface area contributed by atoms with E-state index in [4.69, 9.17) is 0 Å². The number of carbonyl (C=O) groups is 1. The standard InChI is InChI=1S/C12H12N4O/c1-2-10(11-5-3-4-6-14-11)15-12(17)16-8-7-13-9-16/h2-10H,1H2,(H,15,17). The van der Waals surface area contributed by atoms with Gasteiger partial charge in [0.05, 0.1) is 11.7 Å². The molecule has 2 heterocycles. The molecule has 1 atom stereocenters. The zero-order chi connectivity index (χ0) is 12.1. The molecule has 0 aromatic carbocycles. The van der Waals surface area contributed by atoms with Gasteiger partial charge < -0.3 is 5.32 Å². The van der Waals surface area contributed by atoms with Gasteiger partial charge in [0.1, 0.15) is 6.33 Å². The van der Waals surface area contributed by atoms with Gasteiger partial charge in [0.25, 0.3) is 0 Å². The van der Waals surface area contributed by atoms with Gasteiger partial charge in [0, 0.05) is 18.6 Å². The summed E-state index contributed by atoms with van der Waals surface area (Å²) in [4.78, 5) is 19.8. The number of nitrogens with one attached hydrogen (secondary N) is 1. The second-order valence-electron chi connectivity index (χ2n) is 3.39. The Bertz CT molecular complexity index is 492. The Hall–Kier alpha value is -2.43. The summed E-state index contributed by atoms with van der Waals surface area (Å²) in [7, 11) is 0. The monoisotopic (exact) mass is 228 g/mol. The third kappa shape index (κ3) is 2.57. The molecule has 0 aliphatic rings. The molecular formula is C12H12N4O. The van der Waals surface area contributed by atoms with Crippen molar-refractivity contribution in [2.45, 2.75) is 6.04 Å². The SMILES string of the molecule is C=CC(NC(=O)n1ccnc1)c1ccccn1. The van der Waals surface area contributed by atoms with Gasteiger partial charge in [0.15, 0.2) is 0 Å². The molecule has 0 saturated carbocycles. The average molecular weight is 228 g/mol. The van der Waals surface area contributed by atoms with Gasteiger partial charge in [-0.05, 0) is 12.1 Å². The Morgan fingerprint density at radius 2 is 2.35 bits per heavy atom. The molecule has 5 heteroatoms. The summed E-state index contributed by atoms with van der Waals surface area (Å²) in [5, 5.41) is 2.79. The van der Waals surface area contributed by atoms with Crippen LogP contribution in [-0.2, 0) is 0 Å². The molecule has 0 spiro atoms. The van der Waals surface area contributed by atoms with Gasteiger partial charge >= 0.3 is 6.03 Å². The van der Waals surface area contributed by atoms with E-state index in [2.05, 4.69) is 21.9 Å². The number of nitrogens with zero attached hydrogens (tertiary/aromatic N) is 3. The zero-order valence-corrected chi connectivity index (χ0v) is 9.15. The first-order valence-corrected chi connectivity index (χ1v) is 5.13. The van der Waals surface area contributed by atoms with E-state index in [-0.39, 0.29) is 12.1 Å². The van der Waals surface area contributed by atoms with E-state index in [1.165, 1.54) is 10.9 Å². The van der Waals surface area contributed by atoms with Crippen LogP contribution < -0.4 is 5.32 Å². The van der Waals surface area contributed by atoms with Crippen LogP contribution in [0.1, 0.15) is 11.7 Å². The van der Waals surface area contributed by atoms with E-state index in [0.29, 0.717) is 0 Å². The number of hydrogen-bond acceptors (Lipinski definition) is 3. The first-order valence-electron chi connectivity index (χ1n) is 5.13. The summed E-state index contributed by atoms with van der Waals surface area (Å²) in [5.74, 6) is 0. The van der Waals surface area contributed by atoms with E-state index in [1.807, 2.05) is 18.2 Å². The average Bonchev–Trinajstić information content (AvgIpc) is 2.90. The van der Waals surface area contributed by atoms with E-state index >= 15 is 0 Å². The van der Waals surface area contributed by atoms with Crippen molar-refractivity contribution in [2.75, 3.05) is 0 Å². The van der Waals surface area contributed by atoms with E-state index in [1.54, 1.807) is 24.7 Å². The zero-order valence-electron chi connectivity index (χ0n) is 9.15. The van der Waals surface area contributed by atoms with Crippen LogP contribution in [0.25, 0.3) is 0 Å². The molecule has 2 aromatic rings. The highest BCUT2D eigenvalue weighted by Gasteiger charge is 2.12. The Morgan fingerprint density at radius 3 is 2.94 bits per heavy atom. The quantitative estimate of drug-likeness (QED) is 0.814. The van der Waals surface area contributed by atoms with Crippen LogP contribution in [0.4, 0.5) is 4.79 Å². The van der Waals surface area contributed by atoms with Crippen LogP contribution in [0.15, 0.2) is 55.8 Å². The van der Waals surface area contributed by atoms with Crippen molar-refractivity contribution in [1.82, 2.24) is 19.9 Å². The number of imidazole rings is 1. The summed E-state index contributed by atoms with van der Waals surface area (Å²) in [6.07, 6.45) is 7.87. The van der Waals surface area contributed by atoms with Crippen molar-refractivity contribution in [1.29, 1.82) is 0 Å². The predicted octanol–water partition coefficient (Wildman–Crippen LogP) is 1.76. The summed E-state index contributed by atoms with van der Waals surface area (Å²) in [6, 6.07) is 4.94. The highest BCUT2D eigenvalue weighted by atomic mass is 16.2. The van der Waals surface area contributed by atoms with Crippen LogP contribution >= 0.6 is 0 Å². The van der Waals surface area contributed by atoms with Gasteiger partial charge in [-0.25, -0.2) is 9.78 Å². The minimum Gasteiger partial charge on any atom is -0.326 e. The fourth-order valence-corrected chi connectivity index (χ4v) is 1.40. The highest BCUT2D eigenvalue weighted by molar-refractivity contribution is 5.77. The van der Waals surface area contributed by atoms with E-state index in [0.717, 1.165) is 5.69 Å². The van der Waals surface area contributed by atoms with Crippen molar-refractivity contribution >= 4 is 6.03 Å². The van der Waals surface area contributed by atoms with Crippen molar-refractivity contribution in [3.8, 4) is 0 Å². The molecule has 0 saturated heterocycles. The van der Waals surface area contributed by atoms with Crippen LogP contribution in [-0.4, -0.2) is 20.6 Å². The van der Waals surface area contributed by atoms with Crippen molar-refractivity contribution in [2.24, 2.45) is 0 Å². The Labute approximate surface area is 98.8 Å². The lowest BCUT2D eigenvalue weighted by Gasteiger charge is -2.13. The lowest BCUT2D eigenvalue weighted by atomic mass is 10.2. The maximum Gasteiger partial charge on any atom is 0.327 e. The highest BCUT2D eigenvalue weighted by Crippen LogP contribution is 2.10. The van der Waals surface area contributed by atoms with Crippen LogP contribution in [0.5, 0.6) is 0 Å². The van der Waals surface area contributed by atoms with Gasteiger partial charge in [-0.2, -0.15) is 0 Å². The largest absolute Gasteiger partial charge is 0.327 e. The Morgan fingerprint density at radius 1 is 1.47 bits per heavy atom. The molecule has 5 nitrogen and oxygen atoms in total. The van der Waals surface area contributed by atoms with Crippen molar-refractivity contribution < 1.29 is 4.79 Å². The van der Waals surface area contributed by atoms with Gasteiger partial charge in [-0.15, -0.1) is 6.58 Å². The molecule has 1 amide bonds. The predicted molar refractivity (Wildman–Crippen MR) is 63.3 cm³/mol. The number of aromatic nitrogens is 3. The lowest BCUT2D eigenvalue weighted by molar-refractivity contribution is 0.240. The number of pyridine rings is 1. The van der Waals surface area contributed by atoms with Crippen molar-refractivity contribution in [3.63, 3.8) is 0 Å². The summed E-state index contributed by atoms with van der Waals surface area (Å²) in [5.41, 5.74) is 0.746. The summed E-state index contributed by atoms with van der Waals surface area (Å²) >= 11 is 0. The van der Waals surface area contributed by atoms with Gasteiger partial charge in [0.2, 0.25) is 0 Å². The Balaban J connectivity index is 2.11. The molecular weight excluding hydrogens is 216 g/mol. The van der Waals surface area contributed by atoms with Crippen LogP contribution in [0, 0.1) is 0 Å². The van der Waals surface area contributed by atoms with Gasteiger partial charge in [-0.3, -0.25) is 9.55 Å².